The van der Waals surface area contributed by atoms with Gasteiger partial charge in [0, 0.05) is 6.42 Å². The van der Waals surface area contributed by atoms with E-state index in [-0.39, 0.29) is 5.91 Å². The number of nitrogens with one attached hydrogen (secondary N) is 1. The molecule has 0 radical (unpaired) electrons. The molecule has 0 aromatic rings. The van der Waals surface area contributed by atoms with Gasteiger partial charge in [-0.3, -0.25) is 9.32 Å². The molecule has 0 aliphatic rings. The summed E-state index contributed by atoms with van der Waals surface area (Å²) in [7, 11) is -4.71. The van der Waals surface area contributed by atoms with Crippen molar-refractivity contribution in [3.05, 3.63) is 12.2 Å². The molecule has 0 rings (SSSR count). The summed E-state index contributed by atoms with van der Waals surface area (Å²) < 4.78 is 15.9. The van der Waals surface area contributed by atoms with Gasteiger partial charge in [-0.25, -0.2) is 4.57 Å². The molecule has 0 aliphatic carbocycles. The van der Waals surface area contributed by atoms with Crippen LogP contribution in [-0.4, -0.2) is 39.6 Å². The maximum atomic E-state index is 12.6. The number of rotatable bonds is 49. The van der Waals surface area contributed by atoms with Crippen molar-refractivity contribution in [1.82, 2.24) is 5.32 Å². The van der Waals surface area contributed by atoms with Crippen LogP contribution in [0.2, 0.25) is 0 Å². The van der Waals surface area contributed by atoms with Crippen LogP contribution in [-0.2, 0) is 13.9 Å². The Kier molecular flexibility index (Phi) is 46.2. The lowest BCUT2D eigenvalue weighted by atomic mass is 10.0. The van der Waals surface area contributed by atoms with Crippen LogP contribution < -0.4 is 5.32 Å². The molecule has 0 aromatic heterocycles. The fourth-order valence-electron chi connectivity index (χ4n) is 8.29. The highest BCUT2D eigenvalue weighted by atomic mass is 31.2. The van der Waals surface area contributed by atoms with Gasteiger partial charge in [0.1, 0.15) is 0 Å². The molecule has 0 saturated carbocycles. The Bertz CT molecular complexity index is 926. The predicted octanol–water partition coefficient (Wildman–Crippen LogP) is 16.3. The number of carbonyl (C=O) groups is 1. The van der Waals surface area contributed by atoms with Crippen LogP contribution in [0.1, 0.15) is 290 Å². The lowest BCUT2D eigenvalue weighted by Gasteiger charge is -2.22. The van der Waals surface area contributed by atoms with Crippen LogP contribution >= 0.6 is 7.82 Å². The molecule has 0 heterocycles. The molecule has 0 aliphatic heterocycles. The van der Waals surface area contributed by atoms with E-state index in [4.69, 9.17) is 0 Å². The maximum Gasteiger partial charge on any atom is 0.469 e. The van der Waals surface area contributed by atoms with E-state index in [9.17, 15) is 24.3 Å². The molecule has 0 saturated heterocycles. The monoisotopic (exact) mass is 856 g/mol. The Labute approximate surface area is 367 Å². The summed E-state index contributed by atoms with van der Waals surface area (Å²) in [6.07, 6.45) is 58.5. The van der Waals surface area contributed by atoms with Crippen molar-refractivity contribution >= 4 is 13.7 Å². The second-order valence-electron chi connectivity index (χ2n) is 18.2. The zero-order chi connectivity index (χ0) is 43.2. The van der Waals surface area contributed by atoms with E-state index in [1.165, 1.54) is 231 Å². The van der Waals surface area contributed by atoms with Gasteiger partial charge in [0.25, 0.3) is 0 Å². The highest BCUT2D eigenvalue weighted by Crippen LogP contribution is 2.36. The van der Waals surface area contributed by atoms with E-state index in [1.807, 2.05) is 6.08 Å². The summed E-state index contributed by atoms with van der Waals surface area (Å²) in [6, 6.07) is -0.905. The van der Waals surface area contributed by atoms with E-state index >= 15 is 0 Å². The number of aliphatic hydroxyl groups is 1. The Morgan fingerprint density at radius 1 is 0.475 bits per heavy atom. The summed E-state index contributed by atoms with van der Waals surface area (Å²) >= 11 is 0. The number of phosphoric acid groups is 1. The summed E-state index contributed by atoms with van der Waals surface area (Å²) in [4.78, 5) is 31.0. The standard InChI is InChI=1S/C51H102NO6P/c1-3-5-7-9-11-13-15-17-18-19-20-21-22-23-24-25-26-27-28-29-30-31-32-33-34-35-37-39-41-43-45-47-51(54)52-49(48-58-59(55,56)57)50(53)46-44-42-40-38-36-16-14-12-10-8-6-4-2/h44,46,49-50,53H,3-43,45,47-48H2,1-2H3,(H,52,54)(H2,55,56,57)/b46-44+/t49-,50+/m0/s1. The van der Waals surface area contributed by atoms with Crippen LogP contribution in [0.3, 0.4) is 0 Å². The van der Waals surface area contributed by atoms with Gasteiger partial charge >= 0.3 is 7.82 Å². The molecule has 0 unspecified atom stereocenters. The molecule has 0 spiro atoms. The van der Waals surface area contributed by atoms with Crippen molar-refractivity contribution < 1.29 is 28.8 Å². The lowest BCUT2D eigenvalue weighted by molar-refractivity contribution is -0.123. The van der Waals surface area contributed by atoms with Crippen LogP contribution in [0.25, 0.3) is 0 Å². The molecule has 1 amide bonds. The topological polar surface area (TPSA) is 116 Å². The molecule has 352 valence electrons. The van der Waals surface area contributed by atoms with E-state index in [1.54, 1.807) is 6.08 Å². The lowest BCUT2D eigenvalue weighted by Crippen LogP contribution is -2.45. The van der Waals surface area contributed by atoms with Crippen molar-refractivity contribution in [3.8, 4) is 0 Å². The summed E-state index contributed by atoms with van der Waals surface area (Å²) in [5.41, 5.74) is 0. The van der Waals surface area contributed by atoms with Gasteiger partial charge < -0.3 is 20.2 Å². The fraction of sp³-hybridized carbons (Fsp3) is 0.941. The Morgan fingerprint density at radius 2 is 0.746 bits per heavy atom. The zero-order valence-electron chi connectivity index (χ0n) is 39.4. The largest absolute Gasteiger partial charge is 0.469 e. The molecular formula is C51H102NO6P. The van der Waals surface area contributed by atoms with Crippen LogP contribution in [0.5, 0.6) is 0 Å². The first-order valence-corrected chi connectivity index (χ1v) is 27.7. The van der Waals surface area contributed by atoms with Crippen molar-refractivity contribution in [2.75, 3.05) is 6.61 Å². The first kappa shape index (κ1) is 58.3. The third kappa shape index (κ3) is 48.2. The quantitative estimate of drug-likeness (QED) is 0.0275. The first-order valence-electron chi connectivity index (χ1n) is 26.1. The SMILES string of the molecule is CCCCCCCCCCCC/C=C/[C@@H](O)[C@H](COP(=O)(O)O)NC(=O)CCCCCCCCCCCCCCCCCCCCCCCCCCCCCCCCC. The van der Waals surface area contributed by atoms with Gasteiger partial charge in [-0.05, 0) is 19.3 Å². The molecule has 0 fully saturated rings. The minimum Gasteiger partial charge on any atom is -0.387 e. The van der Waals surface area contributed by atoms with Gasteiger partial charge in [-0.1, -0.05) is 276 Å². The molecule has 59 heavy (non-hydrogen) atoms. The Morgan fingerprint density at radius 3 is 1.03 bits per heavy atom. The number of hydrogen-bond acceptors (Lipinski definition) is 4. The summed E-state index contributed by atoms with van der Waals surface area (Å²) in [6.45, 7) is 4.09. The molecule has 8 heteroatoms. The van der Waals surface area contributed by atoms with E-state index in [0.29, 0.717) is 6.42 Å². The van der Waals surface area contributed by atoms with Gasteiger partial charge in [0.15, 0.2) is 0 Å². The zero-order valence-corrected chi connectivity index (χ0v) is 40.3. The number of hydrogen-bond donors (Lipinski definition) is 4. The summed E-state index contributed by atoms with van der Waals surface area (Å²) in [5.74, 6) is -0.221. The minimum absolute atomic E-state index is 0.221. The number of phosphoric ester groups is 1. The first-order chi connectivity index (χ1) is 28.8. The van der Waals surface area contributed by atoms with Gasteiger partial charge in [-0.2, -0.15) is 0 Å². The van der Waals surface area contributed by atoms with Crippen molar-refractivity contribution in [1.29, 1.82) is 0 Å². The van der Waals surface area contributed by atoms with Crippen molar-refractivity contribution in [2.45, 2.75) is 302 Å². The van der Waals surface area contributed by atoms with Gasteiger partial charge in [0.2, 0.25) is 5.91 Å². The number of amides is 1. The molecule has 2 atom stereocenters. The van der Waals surface area contributed by atoms with Crippen molar-refractivity contribution in [2.24, 2.45) is 0 Å². The van der Waals surface area contributed by atoms with E-state index in [0.717, 1.165) is 38.5 Å². The smallest absolute Gasteiger partial charge is 0.387 e. The van der Waals surface area contributed by atoms with E-state index < -0.39 is 26.6 Å². The molecule has 0 aromatic carbocycles. The Balaban J connectivity index is 3.65. The molecular weight excluding hydrogens is 754 g/mol. The maximum absolute atomic E-state index is 12.6. The normalized spacial score (nSPS) is 13.1. The third-order valence-electron chi connectivity index (χ3n) is 12.2. The molecule has 0 bridgehead atoms. The van der Waals surface area contributed by atoms with Crippen LogP contribution in [0.4, 0.5) is 0 Å². The van der Waals surface area contributed by atoms with Gasteiger partial charge in [-0.15, -0.1) is 0 Å². The molecule has 4 N–H and O–H groups in total. The summed E-state index contributed by atoms with van der Waals surface area (Å²) in [5, 5.41) is 13.4. The Hall–Kier alpha value is -0.720. The molecule has 7 nitrogen and oxygen atoms in total. The average Bonchev–Trinajstić information content (AvgIpc) is 3.21. The third-order valence-corrected chi connectivity index (χ3v) is 12.7. The van der Waals surface area contributed by atoms with Crippen LogP contribution in [0, 0.1) is 0 Å². The number of allylic oxidation sites excluding steroid dienone is 1. The second kappa shape index (κ2) is 46.8. The highest BCUT2D eigenvalue weighted by Gasteiger charge is 2.24. The van der Waals surface area contributed by atoms with Gasteiger partial charge in [0.05, 0.1) is 18.8 Å². The fourth-order valence-corrected chi connectivity index (χ4v) is 8.64. The number of aliphatic hydroxyl groups excluding tert-OH is 1. The van der Waals surface area contributed by atoms with Crippen molar-refractivity contribution in [3.63, 3.8) is 0 Å². The highest BCUT2D eigenvalue weighted by molar-refractivity contribution is 7.46. The second-order valence-corrected chi connectivity index (χ2v) is 19.4. The van der Waals surface area contributed by atoms with Crippen LogP contribution in [0.15, 0.2) is 12.2 Å². The number of carbonyl (C=O) groups excluding carboxylic acids is 1. The average molecular weight is 856 g/mol. The van der Waals surface area contributed by atoms with E-state index in [2.05, 4.69) is 23.7 Å². The number of unbranched alkanes of at least 4 members (excludes halogenated alkanes) is 40. The predicted molar refractivity (Wildman–Crippen MR) is 255 cm³/mol. The minimum atomic E-state index is -4.71.